The van der Waals surface area contributed by atoms with Gasteiger partial charge in [-0.1, -0.05) is 63.6 Å². The average Bonchev–Trinajstić information content (AvgIpc) is 2.67. The third kappa shape index (κ3) is 6.28. The van der Waals surface area contributed by atoms with Crippen LogP contribution in [-0.2, 0) is 22.4 Å². The van der Waals surface area contributed by atoms with Gasteiger partial charge >= 0.3 is 5.97 Å². The molecule has 0 aliphatic carbocycles. The van der Waals surface area contributed by atoms with Gasteiger partial charge in [0.25, 0.3) is 0 Å². The second-order valence-corrected chi connectivity index (χ2v) is 9.21. The molecule has 0 atom stereocenters. The maximum Gasteiger partial charge on any atom is 0.311 e. The number of hydrogen-bond donors (Lipinski definition) is 0. The summed E-state index contributed by atoms with van der Waals surface area (Å²) in [6.07, 6.45) is 2.56. The van der Waals surface area contributed by atoms with Crippen molar-refractivity contribution in [2.75, 3.05) is 6.61 Å². The van der Waals surface area contributed by atoms with Crippen LogP contribution < -0.4 is 0 Å². The van der Waals surface area contributed by atoms with Crippen molar-refractivity contribution in [3.63, 3.8) is 0 Å². The zero-order valence-electron chi connectivity index (χ0n) is 18.7. The largest absolute Gasteiger partial charge is 0.466 e. The van der Waals surface area contributed by atoms with Gasteiger partial charge in [-0.25, -0.2) is 0 Å². The lowest BCUT2D eigenvalue weighted by atomic mass is 9.82. The summed E-state index contributed by atoms with van der Waals surface area (Å²) in [6, 6.07) is 15.5. The van der Waals surface area contributed by atoms with Crippen molar-refractivity contribution in [2.24, 2.45) is 10.8 Å². The molecule has 0 N–H and O–H groups in total. The van der Waals surface area contributed by atoms with Crippen molar-refractivity contribution in [1.29, 1.82) is 0 Å². The summed E-state index contributed by atoms with van der Waals surface area (Å²) in [6.45, 7) is 12.6. The van der Waals surface area contributed by atoms with Crippen LogP contribution in [0.2, 0.25) is 0 Å². The number of ether oxygens (including phenoxy) is 1. The van der Waals surface area contributed by atoms with Crippen molar-refractivity contribution in [3.8, 4) is 0 Å². The van der Waals surface area contributed by atoms with Crippen LogP contribution in [0.4, 0.5) is 0 Å². The van der Waals surface area contributed by atoms with Gasteiger partial charge in [0.1, 0.15) is 0 Å². The zero-order valence-corrected chi connectivity index (χ0v) is 18.7. The van der Waals surface area contributed by atoms with Crippen LogP contribution in [0.5, 0.6) is 0 Å². The quantitative estimate of drug-likeness (QED) is 0.385. The normalized spacial score (nSPS) is 11.9. The van der Waals surface area contributed by atoms with Crippen LogP contribution in [0, 0.1) is 10.8 Å². The Hall–Kier alpha value is -2.42. The summed E-state index contributed by atoms with van der Waals surface area (Å²) in [7, 11) is 0. The summed E-state index contributed by atoms with van der Waals surface area (Å²) in [5.41, 5.74) is 3.06. The fourth-order valence-corrected chi connectivity index (χ4v) is 3.40. The molecule has 0 unspecified atom stereocenters. The molecular formula is C26H34O3. The third-order valence-electron chi connectivity index (χ3n) is 5.49. The second kappa shape index (κ2) is 9.39. The lowest BCUT2D eigenvalue weighted by molar-refractivity contribution is -0.153. The summed E-state index contributed by atoms with van der Waals surface area (Å²) < 4.78 is 5.18. The summed E-state index contributed by atoms with van der Waals surface area (Å²) >= 11 is 0. The molecule has 0 saturated heterocycles. The Morgan fingerprint density at radius 2 is 1.34 bits per heavy atom. The smallest absolute Gasteiger partial charge is 0.311 e. The van der Waals surface area contributed by atoms with Crippen LogP contribution in [0.15, 0.2) is 48.5 Å². The van der Waals surface area contributed by atoms with E-state index in [1.807, 2.05) is 63.2 Å². The second-order valence-electron chi connectivity index (χ2n) is 9.21. The topological polar surface area (TPSA) is 43.4 Å². The third-order valence-corrected chi connectivity index (χ3v) is 5.49. The molecule has 2 rings (SSSR count). The highest BCUT2D eigenvalue weighted by atomic mass is 16.5. The SMILES string of the molecule is CCOC(=O)C(C)(C)Cc1cccc(C(=O)c2cccc(CC(C)(C)CC)c2)c1. The first-order valence-electron chi connectivity index (χ1n) is 10.5. The number of ketones is 1. The van der Waals surface area contributed by atoms with Crippen LogP contribution in [-0.4, -0.2) is 18.4 Å². The van der Waals surface area contributed by atoms with Gasteiger partial charge in [0.15, 0.2) is 5.78 Å². The number of carbonyl (C=O) groups is 2. The predicted octanol–water partition coefficient (Wildman–Crippen LogP) is 6.03. The molecular weight excluding hydrogens is 360 g/mol. The van der Waals surface area contributed by atoms with E-state index in [1.54, 1.807) is 0 Å². The fraction of sp³-hybridized carbons (Fsp3) is 0.462. The number of carbonyl (C=O) groups excluding carboxylic acids is 2. The van der Waals surface area contributed by atoms with Gasteiger partial charge in [-0.2, -0.15) is 0 Å². The van der Waals surface area contributed by atoms with Gasteiger partial charge in [0.05, 0.1) is 12.0 Å². The van der Waals surface area contributed by atoms with Crippen molar-refractivity contribution < 1.29 is 14.3 Å². The fourth-order valence-electron chi connectivity index (χ4n) is 3.40. The minimum atomic E-state index is -0.636. The van der Waals surface area contributed by atoms with Crippen LogP contribution in [0.3, 0.4) is 0 Å². The Kier molecular flexibility index (Phi) is 7.40. The zero-order chi connectivity index (χ0) is 21.7. The van der Waals surface area contributed by atoms with E-state index in [9.17, 15) is 9.59 Å². The summed E-state index contributed by atoms with van der Waals surface area (Å²) in [5.74, 6) is -0.208. The lowest BCUT2D eigenvalue weighted by Gasteiger charge is -2.23. The van der Waals surface area contributed by atoms with Crippen LogP contribution >= 0.6 is 0 Å². The monoisotopic (exact) mass is 394 g/mol. The highest BCUT2D eigenvalue weighted by Crippen LogP contribution is 2.27. The summed E-state index contributed by atoms with van der Waals surface area (Å²) in [5, 5.41) is 0. The van der Waals surface area contributed by atoms with Gasteiger partial charge in [-0.3, -0.25) is 9.59 Å². The van der Waals surface area contributed by atoms with E-state index in [0.717, 1.165) is 18.4 Å². The molecule has 0 aliphatic rings. The Balaban J connectivity index is 2.22. The van der Waals surface area contributed by atoms with Crippen molar-refractivity contribution in [3.05, 3.63) is 70.8 Å². The van der Waals surface area contributed by atoms with E-state index in [2.05, 4.69) is 26.8 Å². The molecule has 0 spiro atoms. The molecule has 2 aromatic carbocycles. The van der Waals surface area contributed by atoms with Crippen molar-refractivity contribution in [1.82, 2.24) is 0 Å². The first kappa shape index (κ1) is 22.9. The van der Waals surface area contributed by atoms with E-state index >= 15 is 0 Å². The van der Waals surface area contributed by atoms with Crippen molar-refractivity contribution in [2.45, 2.75) is 60.8 Å². The van der Waals surface area contributed by atoms with E-state index in [-0.39, 0.29) is 17.2 Å². The molecule has 3 nitrogen and oxygen atoms in total. The highest BCUT2D eigenvalue weighted by molar-refractivity contribution is 6.09. The molecule has 0 aromatic heterocycles. The van der Waals surface area contributed by atoms with E-state index in [4.69, 9.17) is 4.74 Å². The Morgan fingerprint density at radius 3 is 1.83 bits per heavy atom. The molecule has 0 saturated carbocycles. The standard InChI is InChI=1S/C26H34O3/c1-7-25(3,4)17-19-11-9-13-21(15-19)23(27)22-14-10-12-20(16-22)18-26(5,6)24(28)29-8-2/h9-16H,7-8,17-18H2,1-6H3. The van der Waals surface area contributed by atoms with Crippen molar-refractivity contribution >= 4 is 11.8 Å². The predicted molar refractivity (Wildman–Crippen MR) is 118 cm³/mol. The van der Waals surface area contributed by atoms with Gasteiger partial charge in [-0.15, -0.1) is 0 Å². The molecule has 3 heteroatoms. The Morgan fingerprint density at radius 1 is 0.828 bits per heavy atom. The average molecular weight is 395 g/mol. The van der Waals surface area contributed by atoms with Crippen LogP contribution in [0.25, 0.3) is 0 Å². The molecule has 0 heterocycles. The van der Waals surface area contributed by atoms with Gasteiger partial charge in [0.2, 0.25) is 0 Å². The maximum absolute atomic E-state index is 13.1. The van der Waals surface area contributed by atoms with Gasteiger partial charge in [-0.05, 0) is 62.3 Å². The minimum Gasteiger partial charge on any atom is -0.466 e. The van der Waals surface area contributed by atoms with Gasteiger partial charge in [0, 0.05) is 11.1 Å². The molecule has 0 bridgehead atoms. The number of esters is 1. The number of hydrogen-bond acceptors (Lipinski definition) is 3. The van der Waals surface area contributed by atoms with E-state index < -0.39 is 5.41 Å². The molecule has 0 aliphatic heterocycles. The molecule has 156 valence electrons. The number of rotatable bonds is 9. The van der Waals surface area contributed by atoms with E-state index in [1.165, 1.54) is 5.56 Å². The molecule has 0 radical (unpaired) electrons. The maximum atomic E-state index is 13.1. The molecule has 0 amide bonds. The minimum absolute atomic E-state index is 0.0111. The molecule has 0 fully saturated rings. The molecule has 29 heavy (non-hydrogen) atoms. The Labute approximate surface area is 175 Å². The first-order chi connectivity index (χ1) is 13.6. The number of benzene rings is 2. The Bertz CT molecular complexity index is 862. The lowest BCUT2D eigenvalue weighted by Crippen LogP contribution is -2.29. The molecule has 2 aromatic rings. The van der Waals surface area contributed by atoms with E-state index in [0.29, 0.717) is 24.2 Å². The van der Waals surface area contributed by atoms with Crippen LogP contribution in [0.1, 0.15) is 75.0 Å². The first-order valence-corrected chi connectivity index (χ1v) is 10.5. The van der Waals surface area contributed by atoms with Gasteiger partial charge < -0.3 is 4.74 Å². The highest BCUT2D eigenvalue weighted by Gasteiger charge is 2.29. The summed E-state index contributed by atoms with van der Waals surface area (Å²) in [4.78, 5) is 25.3.